The topological polar surface area (TPSA) is 75.4 Å². The van der Waals surface area contributed by atoms with Crippen molar-refractivity contribution in [1.82, 2.24) is 10.2 Å². The third-order valence-electron chi connectivity index (χ3n) is 3.36. The zero-order valence-corrected chi connectivity index (χ0v) is 11.6. The molecule has 6 heteroatoms. The minimum Gasteiger partial charge on any atom is -0.398 e. The van der Waals surface area contributed by atoms with Crippen LogP contribution in [0.1, 0.15) is 24.2 Å². The van der Waals surface area contributed by atoms with Crippen LogP contribution >= 0.6 is 11.6 Å². The molecule has 19 heavy (non-hydrogen) atoms. The van der Waals surface area contributed by atoms with E-state index in [9.17, 15) is 9.59 Å². The number of nitrogens with one attached hydrogen (secondary N) is 1. The maximum absolute atomic E-state index is 12.5. The number of amides is 2. The number of halogens is 1. The summed E-state index contributed by atoms with van der Waals surface area (Å²) in [7, 11) is 0. The van der Waals surface area contributed by atoms with Crippen LogP contribution in [0.2, 0.25) is 5.02 Å². The van der Waals surface area contributed by atoms with Crippen LogP contribution in [-0.2, 0) is 4.79 Å². The van der Waals surface area contributed by atoms with Crippen LogP contribution < -0.4 is 11.1 Å². The third-order valence-corrected chi connectivity index (χ3v) is 3.78. The van der Waals surface area contributed by atoms with Gasteiger partial charge < -0.3 is 16.0 Å². The van der Waals surface area contributed by atoms with Gasteiger partial charge in [-0.1, -0.05) is 17.7 Å². The Morgan fingerprint density at radius 2 is 2.16 bits per heavy atom. The molecule has 0 aliphatic carbocycles. The van der Waals surface area contributed by atoms with Crippen molar-refractivity contribution in [2.75, 3.05) is 18.8 Å². The molecule has 0 atom stereocenters. The number of carbonyl (C=O) groups excluding carboxylic acids is 2. The van der Waals surface area contributed by atoms with E-state index in [1.54, 1.807) is 32.0 Å². The monoisotopic (exact) mass is 281 g/mol. The number of carbonyl (C=O) groups is 2. The lowest BCUT2D eigenvalue weighted by Crippen LogP contribution is -2.63. The van der Waals surface area contributed by atoms with E-state index in [4.69, 9.17) is 17.3 Å². The maximum Gasteiger partial charge on any atom is 0.256 e. The first kappa shape index (κ1) is 13.7. The summed E-state index contributed by atoms with van der Waals surface area (Å²) in [6.07, 6.45) is 0. The molecule has 0 bridgehead atoms. The highest BCUT2D eigenvalue weighted by Crippen LogP contribution is 2.27. The Hall–Kier alpha value is -1.75. The van der Waals surface area contributed by atoms with Crippen molar-refractivity contribution in [3.63, 3.8) is 0 Å². The zero-order valence-electron chi connectivity index (χ0n) is 10.9. The van der Waals surface area contributed by atoms with Crippen LogP contribution in [-0.4, -0.2) is 35.3 Å². The molecular weight excluding hydrogens is 266 g/mol. The van der Waals surface area contributed by atoms with E-state index in [1.807, 2.05) is 0 Å². The zero-order chi connectivity index (χ0) is 14.2. The smallest absolute Gasteiger partial charge is 0.256 e. The quantitative estimate of drug-likeness (QED) is 0.761. The van der Waals surface area contributed by atoms with Crippen molar-refractivity contribution < 1.29 is 9.59 Å². The molecule has 1 saturated heterocycles. The van der Waals surface area contributed by atoms with E-state index < -0.39 is 5.54 Å². The van der Waals surface area contributed by atoms with Crippen molar-refractivity contribution in [3.8, 4) is 0 Å². The highest BCUT2D eigenvalue weighted by molar-refractivity contribution is 6.36. The Morgan fingerprint density at radius 3 is 2.84 bits per heavy atom. The van der Waals surface area contributed by atoms with Gasteiger partial charge in [0, 0.05) is 13.1 Å². The Kier molecular flexibility index (Phi) is 3.41. The van der Waals surface area contributed by atoms with E-state index in [1.165, 1.54) is 4.90 Å². The van der Waals surface area contributed by atoms with Crippen LogP contribution in [0.3, 0.4) is 0 Å². The lowest BCUT2D eigenvalue weighted by atomic mass is 9.97. The fraction of sp³-hybridized carbons (Fsp3) is 0.385. The minimum absolute atomic E-state index is 0.174. The van der Waals surface area contributed by atoms with Gasteiger partial charge in [-0.05, 0) is 26.0 Å². The Morgan fingerprint density at radius 1 is 1.47 bits per heavy atom. The Labute approximate surface area is 116 Å². The van der Waals surface area contributed by atoms with Gasteiger partial charge in [-0.2, -0.15) is 0 Å². The van der Waals surface area contributed by atoms with Crippen LogP contribution in [0, 0.1) is 0 Å². The second kappa shape index (κ2) is 4.74. The molecule has 1 aliphatic heterocycles. The first-order chi connectivity index (χ1) is 8.85. The van der Waals surface area contributed by atoms with Gasteiger partial charge >= 0.3 is 0 Å². The Balaban J connectivity index is 2.38. The standard InChI is InChI=1S/C13H16ClN3O2/c1-13(2)12(19)16-6-7-17(13)11(18)8-4-3-5-9(15)10(8)14/h3-5H,6-7,15H2,1-2H3,(H,16,19). The molecule has 3 N–H and O–H groups in total. The average Bonchev–Trinajstić information content (AvgIpc) is 2.35. The number of rotatable bonds is 1. The molecule has 0 radical (unpaired) electrons. The normalized spacial score (nSPS) is 18.1. The van der Waals surface area contributed by atoms with E-state index in [0.29, 0.717) is 24.3 Å². The van der Waals surface area contributed by atoms with E-state index in [0.717, 1.165) is 0 Å². The Bertz CT molecular complexity index is 543. The van der Waals surface area contributed by atoms with Crippen LogP contribution in [0.25, 0.3) is 0 Å². The summed E-state index contributed by atoms with van der Waals surface area (Å²) in [5.74, 6) is -0.454. The molecule has 0 unspecified atom stereocenters. The number of hydrogen-bond donors (Lipinski definition) is 2. The van der Waals surface area contributed by atoms with Crippen LogP contribution in [0.4, 0.5) is 5.69 Å². The largest absolute Gasteiger partial charge is 0.398 e. The number of nitrogen functional groups attached to an aromatic ring is 1. The van der Waals surface area contributed by atoms with Gasteiger partial charge in [-0.15, -0.1) is 0 Å². The van der Waals surface area contributed by atoms with Gasteiger partial charge in [0.2, 0.25) is 5.91 Å². The molecule has 0 saturated carbocycles. The minimum atomic E-state index is -0.900. The summed E-state index contributed by atoms with van der Waals surface area (Å²) in [5, 5.41) is 2.97. The van der Waals surface area contributed by atoms with E-state index >= 15 is 0 Å². The SMILES string of the molecule is CC1(C)C(=O)NCCN1C(=O)c1cccc(N)c1Cl. The van der Waals surface area contributed by atoms with Gasteiger partial charge in [0.15, 0.2) is 0 Å². The van der Waals surface area contributed by atoms with Gasteiger partial charge in [0.1, 0.15) is 5.54 Å². The second-order valence-corrected chi connectivity index (χ2v) is 5.36. The second-order valence-electron chi connectivity index (χ2n) is 4.98. The summed E-state index contributed by atoms with van der Waals surface area (Å²) < 4.78 is 0. The van der Waals surface area contributed by atoms with Crippen LogP contribution in [0.15, 0.2) is 18.2 Å². The number of hydrogen-bond acceptors (Lipinski definition) is 3. The number of anilines is 1. The highest BCUT2D eigenvalue weighted by Gasteiger charge is 2.41. The third kappa shape index (κ3) is 2.26. The number of nitrogens with zero attached hydrogens (tertiary/aromatic N) is 1. The molecule has 1 aromatic carbocycles. The number of benzene rings is 1. The molecule has 102 valence electrons. The first-order valence-electron chi connectivity index (χ1n) is 6.00. The van der Waals surface area contributed by atoms with Crippen molar-refractivity contribution in [1.29, 1.82) is 0 Å². The van der Waals surface area contributed by atoms with Crippen LogP contribution in [0.5, 0.6) is 0 Å². The lowest BCUT2D eigenvalue weighted by Gasteiger charge is -2.41. The first-order valence-corrected chi connectivity index (χ1v) is 6.37. The van der Waals surface area contributed by atoms with Gasteiger partial charge in [-0.3, -0.25) is 9.59 Å². The molecular formula is C13H16ClN3O2. The van der Waals surface area contributed by atoms with Gasteiger partial charge in [-0.25, -0.2) is 0 Å². The van der Waals surface area contributed by atoms with Gasteiger partial charge in [0.05, 0.1) is 16.3 Å². The highest BCUT2D eigenvalue weighted by atomic mass is 35.5. The van der Waals surface area contributed by atoms with E-state index in [2.05, 4.69) is 5.32 Å². The maximum atomic E-state index is 12.5. The van der Waals surface area contributed by atoms with Crippen molar-refractivity contribution >= 4 is 29.1 Å². The molecule has 1 aliphatic rings. The summed E-state index contributed by atoms with van der Waals surface area (Å²) in [6, 6.07) is 4.92. The predicted molar refractivity (Wildman–Crippen MR) is 74.0 cm³/mol. The van der Waals surface area contributed by atoms with Crippen molar-refractivity contribution in [2.45, 2.75) is 19.4 Å². The lowest BCUT2D eigenvalue weighted by molar-refractivity contribution is -0.133. The summed E-state index contributed by atoms with van der Waals surface area (Å²) in [5.41, 5.74) is 5.48. The fourth-order valence-corrected chi connectivity index (χ4v) is 2.32. The molecule has 0 aromatic heterocycles. The average molecular weight is 282 g/mol. The summed E-state index contributed by atoms with van der Waals surface area (Å²) >= 11 is 6.06. The molecule has 0 spiro atoms. The van der Waals surface area contributed by atoms with E-state index in [-0.39, 0.29) is 16.8 Å². The van der Waals surface area contributed by atoms with Crippen molar-refractivity contribution in [2.24, 2.45) is 0 Å². The fourth-order valence-electron chi connectivity index (χ4n) is 2.12. The molecule has 2 rings (SSSR count). The summed E-state index contributed by atoms with van der Waals surface area (Å²) in [6.45, 7) is 4.30. The molecule has 5 nitrogen and oxygen atoms in total. The molecule has 1 heterocycles. The summed E-state index contributed by atoms with van der Waals surface area (Å²) in [4.78, 5) is 25.9. The molecule has 1 aromatic rings. The molecule has 2 amide bonds. The predicted octanol–water partition coefficient (Wildman–Crippen LogP) is 1.27. The molecule has 1 fully saturated rings. The van der Waals surface area contributed by atoms with Gasteiger partial charge in [0.25, 0.3) is 5.91 Å². The number of piperazine rings is 1. The van der Waals surface area contributed by atoms with Crippen molar-refractivity contribution in [3.05, 3.63) is 28.8 Å². The number of nitrogens with two attached hydrogens (primary N) is 1.